The van der Waals surface area contributed by atoms with E-state index < -0.39 is 8.07 Å². The molecule has 0 aliphatic carbocycles. The molecule has 0 amide bonds. The molecule has 0 aliphatic heterocycles. The highest BCUT2D eigenvalue weighted by Gasteiger charge is 2.34. The lowest BCUT2D eigenvalue weighted by atomic mass is 10.2. The predicted molar refractivity (Wildman–Crippen MR) is 72.1 cm³/mol. The van der Waals surface area contributed by atoms with Crippen molar-refractivity contribution in [2.45, 2.75) is 51.4 Å². The first kappa shape index (κ1) is 13.4. The number of benzene rings is 1. The number of hydrogen-bond acceptors (Lipinski definition) is 0. The summed E-state index contributed by atoms with van der Waals surface area (Å²) in [7, 11) is -1.20. The molecule has 0 aliphatic rings. The van der Waals surface area contributed by atoms with E-state index >= 15 is 0 Å². The molecule has 0 nitrogen and oxygen atoms in total. The fourth-order valence-electron chi connectivity index (χ4n) is 1.48. The van der Waals surface area contributed by atoms with Gasteiger partial charge in [0.25, 0.3) is 0 Å². The van der Waals surface area contributed by atoms with Crippen molar-refractivity contribution < 1.29 is 4.39 Å². The molecule has 0 radical (unpaired) electrons. The molecule has 0 heterocycles. The molecule has 2 heteroatoms. The Morgan fingerprint density at radius 3 is 2.00 bits per heavy atom. The fraction of sp³-hybridized carbons (Fsp3) is 0.571. The zero-order valence-electron chi connectivity index (χ0n) is 11.1. The summed E-state index contributed by atoms with van der Waals surface area (Å²) >= 11 is 0. The van der Waals surface area contributed by atoms with Gasteiger partial charge < -0.3 is 0 Å². The predicted octanol–water partition coefficient (Wildman–Crippen LogP) is 4.88. The van der Waals surface area contributed by atoms with Crippen molar-refractivity contribution in [2.24, 2.45) is 0 Å². The summed E-state index contributed by atoms with van der Waals surface area (Å²) < 4.78 is 12.8. The van der Waals surface area contributed by atoms with Crippen molar-refractivity contribution in [3.63, 3.8) is 0 Å². The number of aryl methyl sites for hydroxylation is 1. The third kappa shape index (κ3) is 3.44. The van der Waals surface area contributed by atoms with Gasteiger partial charge in [0.15, 0.2) is 0 Å². The van der Waals surface area contributed by atoms with Crippen LogP contribution in [0.25, 0.3) is 0 Å². The van der Waals surface area contributed by atoms with Gasteiger partial charge in [0.1, 0.15) is 5.82 Å². The Hall–Kier alpha value is -0.633. The highest BCUT2D eigenvalue weighted by molar-refractivity contribution is 6.80. The molecule has 0 bridgehead atoms. The van der Waals surface area contributed by atoms with Crippen molar-refractivity contribution >= 4 is 8.07 Å². The van der Waals surface area contributed by atoms with Crippen LogP contribution in [0.3, 0.4) is 0 Å². The van der Waals surface area contributed by atoms with Crippen molar-refractivity contribution in [3.8, 4) is 0 Å². The number of hydrogen-bond donors (Lipinski definition) is 0. The fourth-order valence-corrected chi connectivity index (χ4v) is 3.15. The summed E-state index contributed by atoms with van der Waals surface area (Å²) in [6, 6.07) is 8.19. The van der Waals surface area contributed by atoms with E-state index in [4.69, 9.17) is 0 Å². The first-order valence-electron chi connectivity index (χ1n) is 5.97. The zero-order valence-corrected chi connectivity index (χ0v) is 12.1. The second-order valence-corrected chi connectivity index (χ2v) is 12.0. The maximum absolute atomic E-state index is 12.8. The van der Waals surface area contributed by atoms with Crippen LogP contribution in [0.2, 0.25) is 24.2 Å². The van der Waals surface area contributed by atoms with E-state index in [1.165, 1.54) is 11.6 Å². The van der Waals surface area contributed by atoms with Crippen molar-refractivity contribution in [2.75, 3.05) is 0 Å². The average Bonchev–Trinajstić information content (AvgIpc) is 2.15. The molecule has 1 aromatic rings. The Kier molecular flexibility index (Phi) is 3.95. The minimum Gasteiger partial charge on any atom is -0.207 e. The topological polar surface area (TPSA) is 0 Å². The molecule has 0 atom stereocenters. The molecule has 1 rings (SSSR count). The average molecular weight is 238 g/mol. The van der Waals surface area contributed by atoms with Gasteiger partial charge >= 0.3 is 0 Å². The third-order valence-corrected chi connectivity index (χ3v) is 9.54. The molecule has 16 heavy (non-hydrogen) atoms. The van der Waals surface area contributed by atoms with Gasteiger partial charge in [0.05, 0.1) is 8.07 Å². The van der Waals surface area contributed by atoms with Gasteiger partial charge in [0, 0.05) is 0 Å². The van der Waals surface area contributed by atoms with E-state index in [9.17, 15) is 4.39 Å². The quantitative estimate of drug-likeness (QED) is 0.659. The van der Waals surface area contributed by atoms with Crippen LogP contribution in [0.15, 0.2) is 24.3 Å². The van der Waals surface area contributed by atoms with Gasteiger partial charge in [0.2, 0.25) is 0 Å². The van der Waals surface area contributed by atoms with E-state index in [1.807, 2.05) is 12.1 Å². The molecule has 0 N–H and O–H groups in total. The maximum Gasteiger partial charge on any atom is 0.123 e. The summed E-state index contributed by atoms with van der Waals surface area (Å²) in [5.41, 5.74) is 1.26. The molecular weight excluding hydrogens is 215 g/mol. The minimum absolute atomic E-state index is 0.143. The van der Waals surface area contributed by atoms with Crippen molar-refractivity contribution in [1.29, 1.82) is 0 Å². The van der Waals surface area contributed by atoms with Gasteiger partial charge in [-0.25, -0.2) is 4.39 Å². The summed E-state index contributed by atoms with van der Waals surface area (Å²) in [5.74, 6) is -0.143. The summed E-state index contributed by atoms with van der Waals surface area (Å²) in [6.07, 6.45) is 1.08. The Balaban J connectivity index is 2.61. The van der Waals surface area contributed by atoms with Crippen LogP contribution >= 0.6 is 0 Å². The minimum atomic E-state index is -1.20. The second kappa shape index (κ2) is 4.70. The van der Waals surface area contributed by atoms with E-state index in [-0.39, 0.29) is 5.82 Å². The van der Waals surface area contributed by atoms with Crippen LogP contribution in [0.5, 0.6) is 0 Å². The lowest BCUT2D eigenvalue weighted by molar-refractivity contribution is 0.627. The standard InChI is InChI=1S/C14H23FSi/c1-14(2,3)16(4,5)11-10-12-6-8-13(15)9-7-12/h6-9H,10-11H2,1-5H3. The Labute approximate surface area is 99.9 Å². The van der Waals surface area contributed by atoms with Crippen LogP contribution in [0, 0.1) is 5.82 Å². The molecule has 1 aromatic carbocycles. The van der Waals surface area contributed by atoms with Gasteiger partial charge in [-0.15, -0.1) is 0 Å². The Bertz CT molecular complexity index is 333. The van der Waals surface area contributed by atoms with Crippen LogP contribution < -0.4 is 0 Å². The molecule has 0 saturated carbocycles. The first-order valence-corrected chi connectivity index (χ1v) is 9.17. The van der Waals surface area contributed by atoms with Crippen LogP contribution in [-0.4, -0.2) is 8.07 Å². The van der Waals surface area contributed by atoms with Gasteiger partial charge in [-0.05, 0) is 29.2 Å². The largest absolute Gasteiger partial charge is 0.207 e. The van der Waals surface area contributed by atoms with Crippen LogP contribution in [0.1, 0.15) is 26.3 Å². The number of halogens is 1. The Morgan fingerprint density at radius 1 is 1.06 bits per heavy atom. The van der Waals surface area contributed by atoms with Gasteiger partial charge in [-0.1, -0.05) is 52.0 Å². The zero-order chi connectivity index (χ0) is 12.4. The van der Waals surface area contributed by atoms with Gasteiger partial charge in [-0.2, -0.15) is 0 Å². The molecule has 0 saturated heterocycles. The van der Waals surface area contributed by atoms with E-state index in [2.05, 4.69) is 33.9 Å². The molecule has 0 aromatic heterocycles. The van der Waals surface area contributed by atoms with Gasteiger partial charge in [-0.3, -0.25) is 0 Å². The normalized spacial score (nSPS) is 12.9. The van der Waals surface area contributed by atoms with Crippen LogP contribution in [0.4, 0.5) is 4.39 Å². The van der Waals surface area contributed by atoms with E-state index in [0.717, 1.165) is 6.42 Å². The lowest BCUT2D eigenvalue weighted by Gasteiger charge is -2.37. The molecule has 0 unspecified atom stereocenters. The van der Waals surface area contributed by atoms with E-state index in [1.54, 1.807) is 12.1 Å². The molecule has 0 fully saturated rings. The van der Waals surface area contributed by atoms with Crippen LogP contribution in [-0.2, 0) is 6.42 Å². The molecule has 0 spiro atoms. The summed E-state index contributed by atoms with van der Waals surface area (Å²) in [5, 5.41) is 0.438. The Morgan fingerprint density at radius 2 is 1.56 bits per heavy atom. The lowest BCUT2D eigenvalue weighted by Crippen LogP contribution is -2.37. The SMILES string of the molecule is CC(C)(C)[Si](C)(C)CCc1ccc(F)cc1. The summed E-state index contributed by atoms with van der Waals surface area (Å²) in [6.45, 7) is 11.9. The van der Waals surface area contributed by atoms with Crippen molar-refractivity contribution in [1.82, 2.24) is 0 Å². The monoisotopic (exact) mass is 238 g/mol. The maximum atomic E-state index is 12.8. The summed E-state index contributed by atoms with van der Waals surface area (Å²) in [4.78, 5) is 0. The highest BCUT2D eigenvalue weighted by atomic mass is 28.3. The molecule has 90 valence electrons. The smallest absolute Gasteiger partial charge is 0.123 e. The third-order valence-electron chi connectivity index (χ3n) is 3.98. The van der Waals surface area contributed by atoms with E-state index in [0.29, 0.717) is 5.04 Å². The first-order chi connectivity index (χ1) is 7.22. The molecular formula is C14H23FSi. The highest BCUT2D eigenvalue weighted by Crippen LogP contribution is 2.39. The van der Waals surface area contributed by atoms with Crippen molar-refractivity contribution in [3.05, 3.63) is 35.6 Å². The number of rotatable bonds is 3. The second-order valence-electron chi connectivity index (χ2n) is 6.26.